The normalized spacial score (nSPS) is 32.4. The van der Waals surface area contributed by atoms with Gasteiger partial charge in [-0.1, -0.05) is 25.7 Å². The largest absolute Gasteiger partial charge is 0.342 e. The Morgan fingerprint density at radius 3 is 2.42 bits per heavy atom. The number of nitrogens with zero attached hydrogens (tertiary/aromatic N) is 2. The van der Waals surface area contributed by atoms with E-state index in [0.717, 1.165) is 57.7 Å². The molecule has 134 valence electrons. The predicted molar refractivity (Wildman–Crippen MR) is 93.4 cm³/mol. The fourth-order valence-corrected chi connectivity index (χ4v) is 5.16. The number of likely N-dealkylation sites (tertiary alicyclic amines) is 2. The van der Waals surface area contributed by atoms with Crippen LogP contribution in [0.15, 0.2) is 0 Å². The van der Waals surface area contributed by atoms with Gasteiger partial charge in [0, 0.05) is 32.1 Å². The quantitative estimate of drug-likeness (QED) is 0.745. The molecule has 0 aromatic heterocycles. The molecule has 4 fully saturated rings. The minimum absolute atomic E-state index is 0.226. The summed E-state index contributed by atoms with van der Waals surface area (Å²) < 4.78 is 0. The van der Waals surface area contributed by atoms with Crippen molar-refractivity contribution in [3.05, 3.63) is 0 Å². The predicted octanol–water partition coefficient (Wildman–Crippen LogP) is 3.21. The molecule has 2 saturated heterocycles. The lowest BCUT2D eigenvalue weighted by Crippen LogP contribution is -2.51. The van der Waals surface area contributed by atoms with E-state index in [0.29, 0.717) is 18.4 Å². The molecule has 4 nitrogen and oxygen atoms in total. The first kappa shape index (κ1) is 16.4. The third-order valence-electron chi connectivity index (χ3n) is 6.87. The first-order valence-electron chi connectivity index (χ1n) is 10.3. The summed E-state index contributed by atoms with van der Waals surface area (Å²) in [6.45, 7) is 3.41. The molecular weight excluding hydrogens is 300 g/mol. The number of amides is 2. The van der Waals surface area contributed by atoms with E-state index in [1.165, 1.54) is 38.5 Å². The molecule has 1 unspecified atom stereocenters. The van der Waals surface area contributed by atoms with Crippen LogP contribution in [0.2, 0.25) is 0 Å². The topological polar surface area (TPSA) is 40.6 Å². The molecule has 0 aromatic rings. The van der Waals surface area contributed by atoms with Crippen molar-refractivity contribution in [3.63, 3.8) is 0 Å². The number of carbonyl (C=O) groups excluding carboxylic acids is 2. The molecule has 4 heteroatoms. The van der Waals surface area contributed by atoms with Gasteiger partial charge in [-0.2, -0.15) is 0 Å². The van der Waals surface area contributed by atoms with E-state index in [-0.39, 0.29) is 11.3 Å². The van der Waals surface area contributed by atoms with E-state index in [1.54, 1.807) is 0 Å². The highest BCUT2D eigenvalue weighted by molar-refractivity contribution is 5.86. The van der Waals surface area contributed by atoms with Crippen LogP contribution in [0.4, 0.5) is 0 Å². The zero-order valence-corrected chi connectivity index (χ0v) is 15.0. The van der Waals surface area contributed by atoms with E-state index in [1.807, 2.05) is 0 Å². The third-order valence-corrected chi connectivity index (χ3v) is 6.87. The average Bonchev–Trinajstić information content (AvgIpc) is 3.36. The second kappa shape index (κ2) is 6.68. The van der Waals surface area contributed by atoms with Crippen LogP contribution in [0.25, 0.3) is 0 Å². The highest BCUT2D eigenvalue weighted by atomic mass is 16.2. The Morgan fingerprint density at radius 1 is 0.958 bits per heavy atom. The molecular formula is C20H32N2O2. The molecule has 2 saturated carbocycles. The lowest BCUT2D eigenvalue weighted by Gasteiger charge is -2.39. The molecule has 2 amide bonds. The van der Waals surface area contributed by atoms with Crippen molar-refractivity contribution in [1.29, 1.82) is 0 Å². The maximum absolute atomic E-state index is 13.1. The summed E-state index contributed by atoms with van der Waals surface area (Å²) in [4.78, 5) is 30.2. The van der Waals surface area contributed by atoms with Gasteiger partial charge in [0.1, 0.15) is 0 Å². The summed E-state index contributed by atoms with van der Waals surface area (Å²) in [5.74, 6) is 1.69. The number of carbonyl (C=O) groups is 2. The van der Waals surface area contributed by atoms with Crippen LogP contribution >= 0.6 is 0 Å². The Balaban J connectivity index is 1.40. The highest BCUT2D eigenvalue weighted by Crippen LogP contribution is 2.42. The van der Waals surface area contributed by atoms with Gasteiger partial charge in [-0.25, -0.2) is 0 Å². The number of piperidine rings is 1. The standard InChI is InChI=1S/C20H32N2O2/c23-18(17-6-3-1-2-4-7-17)22-13-11-20(15-22)10-5-12-21(19(20)24)14-16-8-9-16/h16-17H,1-15H2. The first-order chi connectivity index (χ1) is 11.7. The summed E-state index contributed by atoms with van der Waals surface area (Å²) in [5, 5.41) is 0. The van der Waals surface area contributed by atoms with Gasteiger partial charge in [0.05, 0.1) is 5.41 Å². The highest BCUT2D eigenvalue weighted by Gasteiger charge is 2.50. The summed E-state index contributed by atoms with van der Waals surface area (Å²) >= 11 is 0. The maximum Gasteiger partial charge on any atom is 0.230 e. The Kier molecular flexibility index (Phi) is 4.57. The second-order valence-electron chi connectivity index (χ2n) is 8.78. The molecule has 2 aliphatic heterocycles. The first-order valence-corrected chi connectivity index (χ1v) is 10.3. The zero-order chi connectivity index (χ0) is 16.6. The van der Waals surface area contributed by atoms with Crippen LogP contribution in [-0.2, 0) is 9.59 Å². The van der Waals surface area contributed by atoms with Crippen LogP contribution in [0.5, 0.6) is 0 Å². The average molecular weight is 332 g/mol. The fraction of sp³-hybridized carbons (Fsp3) is 0.900. The molecule has 0 radical (unpaired) electrons. The van der Waals surface area contributed by atoms with Crippen LogP contribution in [0.3, 0.4) is 0 Å². The Morgan fingerprint density at radius 2 is 1.71 bits per heavy atom. The molecule has 2 heterocycles. The molecule has 0 bridgehead atoms. The Labute approximate surface area is 145 Å². The smallest absolute Gasteiger partial charge is 0.230 e. The van der Waals surface area contributed by atoms with E-state index >= 15 is 0 Å². The zero-order valence-electron chi connectivity index (χ0n) is 15.0. The molecule has 24 heavy (non-hydrogen) atoms. The fourth-order valence-electron chi connectivity index (χ4n) is 5.16. The maximum atomic E-state index is 13.1. The van der Waals surface area contributed by atoms with Crippen LogP contribution in [0.1, 0.15) is 70.6 Å². The minimum atomic E-state index is -0.243. The van der Waals surface area contributed by atoms with Crippen molar-refractivity contribution in [1.82, 2.24) is 9.80 Å². The van der Waals surface area contributed by atoms with Gasteiger partial charge in [-0.05, 0) is 50.9 Å². The van der Waals surface area contributed by atoms with Crippen molar-refractivity contribution in [2.75, 3.05) is 26.2 Å². The monoisotopic (exact) mass is 332 g/mol. The van der Waals surface area contributed by atoms with Crippen molar-refractivity contribution in [2.45, 2.75) is 70.6 Å². The van der Waals surface area contributed by atoms with E-state index in [2.05, 4.69) is 9.80 Å². The van der Waals surface area contributed by atoms with Crippen LogP contribution in [0, 0.1) is 17.3 Å². The number of hydrogen-bond acceptors (Lipinski definition) is 2. The molecule has 2 aliphatic carbocycles. The van der Waals surface area contributed by atoms with Gasteiger partial charge in [-0.3, -0.25) is 9.59 Å². The van der Waals surface area contributed by atoms with Crippen molar-refractivity contribution < 1.29 is 9.59 Å². The third kappa shape index (κ3) is 3.21. The van der Waals surface area contributed by atoms with Crippen molar-refractivity contribution in [3.8, 4) is 0 Å². The number of rotatable bonds is 3. The van der Waals surface area contributed by atoms with E-state index in [4.69, 9.17) is 0 Å². The van der Waals surface area contributed by atoms with E-state index in [9.17, 15) is 9.59 Å². The molecule has 0 N–H and O–H groups in total. The van der Waals surface area contributed by atoms with Gasteiger partial charge in [-0.15, -0.1) is 0 Å². The SMILES string of the molecule is O=C(C1CCCCCC1)N1CCC2(CCCN(CC3CC3)C2=O)C1. The molecule has 0 aromatic carbocycles. The van der Waals surface area contributed by atoms with Gasteiger partial charge in [0.2, 0.25) is 11.8 Å². The van der Waals surface area contributed by atoms with Gasteiger partial charge in [0.25, 0.3) is 0 Å². The molecule has 1 spiro atoms. The Hall–Kier alpha value is -1.06. The second-order valence-corrected chi connectivity index (χ2v) is 8.78. The van der Waals surface area contributed by atoms with E-state index < -0.39 is 0 Å². The molecule has 4 aliphatic rings. The summed E-state index contributed by atoms with van der Waals surface area (Å²) in [6, 6.07) is 0. The summed E-state index contributed by atoms with van der Waals surface area (Å²) in [5.41, 5.74) is -0.243. The van der Waals surface area contributed by atoms with Gasteiger partial charge in [0.15, 0.2) is 0 Å². The van der Waals surface area contributed by atoms with Crippen LogP contribution in [-0.4, -0.2) is 47.8 Å². The van der Waals surface area contributed by atoms with Gasteiger partial charge < -0.3 is 9.80 Å². The molecule has 4 rings (SSSR count). The van der Waals surface area contributed by atoms with Crippen molar-refractivity contribution in [2.24, 2.45) is 17.3 Å². The lowest BCUT2D eigenvalue weighted by atomic mass is 9.78. The Bertz CT molecular complexity index is 494. The van der Waals surface area contributed by atoms with Crippen LogP contribution < -0.4 is 0 Å². The number of hydrogen-bond donors (Lipinski definition) is 0. The lowest BCUT2D eigenvalue weighted by molar-refractivity contribution is -0.146. The van der Waals surface area contributed by atoms with Crippen molar-refractivity contribution >= 4 is 11.8 Å². The summed E-state index contributed by atoms with van der Waals surface area (Å²) in [6.07, 6.45) is 12.7. The minimum Gasteiger partial charge on any atom is -0.342 e. The van der Waals surface area contributed by atoms with Gasteiger partial charge >= 0.3 is 0 Å². The summed E-state index contributed by atoms with van der Waals surface area (Å²) in [7, 11) is 0. The molecule has 1 atom stereocenters.